The Balaban J connectivity index is 1.55. The van der Waals surface area contributed by atoms with Crippen LogP contribution in [0.15, 0.2) is 78.5 Å². The summed E-state index contributed by atoms with van der Waals surface area (Å²) in [5.41, 5.74) is 5.84. The highest BCUT2D eigenvalue weighted by Gasteiger charge is 2.27. The van der Waals surface area contributed by atoms with E-state index in [1.54, 1.807) is 29.0 Å². The van der Waals surface area contributed by atoms with Gasteiger partial charge in [-0.2, -0.15) is 10.1 Å². The Hall–Kier alpha value is -3.91. The maximum atomic E-state index is 9.84. The molecule has 0 bridgehead atoms. The van der Waals surface area contributed by atoms with Gasteiger partial charge >= 0.3 is 0 Å². The lowest BCUT2D eigenvalue weighted by Crippen LogP contribution is -2.41. The van der Waals surface area contributed by atoms with Crippen molar-refractivity contribution in [1.82, 2.24) is 19.7 Å². The zero-order valence-electron chi connectivity index (χ0n) is 19.8. The minimum absolute atomic E-state index is 0.205. The summed E-state index contributed by atoms with van der Waals surface area (Å²) in [6.07, 6.45) is 12.7. The zero-order valence-corrected chi connectivity index (χ0v) is 19.8. The molecule has 0 unspecified atom stereocenters. The number of rotatable bonds is 7. The second-order valence-corrected chi connectivity index (χ2v) is 8.35. The van der Waals surface area contributed by atoms with E-state index in [2.05, 4.69) is 37.8 Å². The molecular weight excluding hydrogens is 437 g/mol. The molecule has 5 rings (SSSR count). The second kappa shape index (κ2) is 10.2. The Morgan fingerprint density at radius 2 is 2.06 bits per heavy atom. The summed E-state index contributed by atoms with van der Waals surface area (Å²) in [4.78, 5) is 12.1. The Morgan fingerprint density at radius 1 is 1.20 bits per heavy atom. The molecule has 2 aliphatic heterocycles. The minimum Gasteiger partial charge on any atom is -0.508 e. The van der Waals surface area contributed by atoms with E-state index in [0.29, 0.717) is 19.2 Å². The van der Waals surface area contributed by atoms with Gasteiger partial charge < -0.3 is 14.7 Å². The summed E-state index contributed by atoms with van der Waals surface area (Å²) >= 11 is 0. The highest BCUT2D eigenvalue weighted by molar-refractivity contribution is 6.67. The monoisotopic (exact) mass is 464 g/mol. The number of anilines is 1. The lowest BCUT2D eigenvalue weighted by Gasteiger charge is -2.29. The number of allylic oxidation sites excluding steroid dienone is 6. The Morgan fingerprint density at radius 3 is 2.83 bits per heavy atom. The first kappa shape index (κ1) is 22.9. The van der Waals surface area contributed by atoms with E-state index >= 15 is 0 Å². The highest BCUT2D eigenvalue weighted by atomic mass is 16.5. The van der Waals surface area contributed by atoms with Crippen molar-refractivity contribution in [3.8, 4) is 23.0 Å². The molecular formula is C27H27BN5O2. The molecule has 1 fully saturated rings. The number of fused-ring (bicyclic) bond motifs is 1. The fraction of sp³-hybridized carbons (Fsp3) is 0.222. The van der Waals surface area contributed by atoms with E-state index in [0.717, 1.165) is 53.2 Å². The van der Waals surface area contributed by atoms with Gasteiger partial charge in [0.05, 0.1) is 24.6 Å². The number of nitrogens with zero attached hydrogens (tertiary/aromatic N) is 5. The van der Waals surface area contributed by atoms with Crippen LogP contribution in [0.4, 0.5) is 5.82 Å². The van der Waals surface area contributed by atoms with E-state index in [1.165, 1.54) is 5.57 Å². The predicted octanol–water partition coefficient (Wildman–Crippen LogP) is 3.63. The lowest BCUT2D eigenvalue weighted by atomic mass is 9.64. The van der Waals surface area contributed by atoms with E-state index < -0.39 is 0 Å². The number of phenolic OH excluding ortho intramolecular Hbond substituents is 1. The van der Waals surface area contributed by atoms with E-state index in [-0.39, 0.29) is 5.75 Å². The molecule has 2 aromatic heterocycles. The van der Waals surface area contributed by atoms with Crippen LogP contribution >= 0.6 is 0 Å². The van der Waals surface area contributed by atoms with Gasteiger partial charge in [-0.1, -0.05) is 61.0 Å². The van der Waals surface area contributed by atoms with Crippen LogP contribution in [0.5, 0.6) is 5.75 Å². The molecule has 3 aromatic rings. The Bertz CT molecular complexity index is 1340. The summed E-state index contributed by atoms with van der Waals surface area (Å²) < 4.78 is 7.27. The van der Waals surface area contributed by atoms with Crippen LogP contribution in [0, 0.1) is 0 Å². The van der Waals surface area contributed by atoms with Crippen molar-refractivity contribution in [2.75, 3.05) is 31.2 Å². The largest absolute Gasteiger partial charge is 0.508 e. The number of benzene rings is 1. The van der Waals surface area contributed by atoms with E-state index in [9.17, 15) is 5.11 Å². The minimum atomic E-state index is 0.205. The highest BCUT2D eigenvalue weighted by Crippen LogP contribution is 2.26. The third-order valence-electron chi connectivity index (χ3n) is 6.08. The Kier molecular flexibility index (Phi) is 6.63. The first-order chi connectivity index (χ1) is 17.2. The Labute approximate surface area is 206 Å². The number of ether oxygens (including phenoxy) is 1. The van der Waals surface area contributed by atoms with Gasteiger partial charge in [0, 0.05) is 24.8 Å². The molecule has 1 saturated heterocycles. The van der Waals surface area contributed by atoms with Gasteiger partial charge in [0.1, 0.15) is 11.6 Å². The van der Waals surface area contributed by atoms with Crippen molar-refractivity contribution in [3.63, 3.8) is 0 Å². The van der Waals surface area contributed by atoms with Gasteiger partial charge in [0.15, 0.2) is 7.28 Å². The van der Waals surface area contributed by atoms with Crippen LogP contribution < -0.4 is 10.4 Å². The molecule has 1 N–H and O–H groups in total. The van der Waals surface area contributed by atoms with Gasteiger partial charge in [-0.3, -0.25) is 0 Å². The molecule has 1 radical (unpaired) electrons. The SMILES string of the molecule is C=C/C=C\C=C(/CC)C1=Cc2nc(-n3ccc(-c4cccc(O)c4)n3)nc(N3CCOCC3)c2[B]1. The van der Waals surface area contributed by atoms with Crippen molar-refractivity contribution in [2.24, 2.45) is 0 Å². The van der Waals surface area contributed by atoms with E-state index in [4.69, 9.17) is 19.8 Å². The summed E-state index contributed by atoms with van der Waals surface area (Å²) in [5, 5.41) is 14.5. The maximum absolute atomic E-state index is 9.84. The standard InChI is InChI=1S/C27H27BN5O2/c1-3-5-6-8-19(4-2)22-18-24-25(28-22)26(32-13-15-35-16-14-32)30-27(29-24)33-12-11-23(31-33)20-9-7-10-21(34)17-20/h3,5-12,17-18,34H,1,4,13-16H2,2H3/b6-5-,19-8+. The third-order valence-corrected chi connectivity index (χ3v) is 6.08. The van der Waals surface area contributed by atoms with Crippen LogP contribution in [0.1, 0.15) is 19.0 Å². The molecule has 0 aliphatic carbocycles. The van der Waals surface area contributed by atoms with Crippen molar-refractivity contribution in [3.05, 3.63) is 84.2 Å². The topological polar surface area (TPSA) is 76.3 Å². The molecule has 7 nitrogen and oxygen atoms in total. The molecule has 0 saturated carbocycles. The molecule has 0 atom stereocenters. The smallest absolute Gasteiger partial charge is 0.253 e. The van der Waals surface area contributed by atoms with Crippen LogP contribution in [0.3, 0.4) is 0 Å². The molecule has 8 heteroatoms. The zero-order chi connectivity index (χ0) is 24.2. The molecule has 0 spiro atoms. The van der Waals surface area contributed by atoms with Crippen molar-refractivity contribution < 1.29 is 9.84 Å². The number of hydrogen-bond donors (Lipinski definition) is 1. The van der Waals surface area contributed by atoms with Gasteiger partial charge in [-0.25, -0.2) is 9.67 Å². The predicted molar refractivity (Wildman–Crippen MR) is 140 cm³/mol. The average molecular weight is 464 g/mol. The number of aromatic nitrogens is 4. The molecule has 35 heavy (non-hydrogen) atoms. The van der Waals surface area contributed by atoms with Gasteiger partial charge in [-0.05, 0) is 36.2 Å². The van der Waals surface area contributed by atoms with Crippen LogP contribution in [-0.2, 0) is 4.74 Å². The number of hydrogen-bond acceptors (Lipinski definition) is 6. The number of aromatic hydroxyl groups is 1. The molecule has 175 valence electrons. The van der Waals surface area contributed by atoms with Crippen molar-refractivity contribution in [2.45, 2.75) is 13.3 Å². The van der Waals surface area contributed by atoms with Gasteiger partial charge in [-0.15, -0.1) is 0 Å². The van der Waals surface area contributed by atoms with Crippen molar-refractivity contribution >= 4 is 24.6 Å². The maximum Gasteiger partial charge on any atom is 0.253 e. The third kappa shape index (κ3) is 4.83. The quantitative estimate of drug-likeness (QED) is 0.425. The fourth-order valence-electron chi connectivity index (χ4n) is 4.28. The lowest BCUT2D eigenvalue weighted by molar-refractivity contribution is 0.122. The molecule has 4 heterocycles. The van der Waals surface area contributed by atoms with Crippen molar-refractivity contribution in [1.29, 1.82) is 0 Å². The summed E-state index contributed by atoms with van der Waals surface area (Å²) in [6, 6.07) is 8.96. The molecule has 1 aromatic carbocycles. The number of morpholine rings is 1. The number of phenols is 1. The summed E-state index contributed by atoms with van der Waals surface area (Å²) in [6.45, 7) is 8.79. The van der Waals surface area contributed by atoms with Gasteiger partial charge in [0.25, 0.3) is 5.95 Å². The fourth-order valence-corrected chi connectivity index (χ4v) is 4.28. The van der Waals surface area contributed by atoms with Crippen LogP contribution in [0.25, 0.3) is 23.3 Å². The first-order valence-corrected chi connectivity index (χ1v) is 11.8. The summed E-state index contributed by atoms with van der Waals surface area (Å²) in [7, 11) is 2.18. The molecule has 2 aliphatic rings. The van der Waals surface area contributed by atoms with Crippen LogP contribution in [-0.4, -0.2) is 58.4 Å². The van der Waals surface area contributed by atoms with Gasteiger partial charge in [0.2, 0.25) is 0 Å². The van der Waals surface area contributed by atoms with Crippen LogP contribution in [0.2, 0.25) is 0 Å². The molecule has 0 amide bonds. The normalized spacial score (nSPS) is 15.7. The average Bonchev–Trinajstić information content (AvgIpc) is 3.54. The summed E-state index contributed by atoms with van der Waals surface area (Å²) in [5.74, 6) is 1.61. The first-order valence-electron chi connectivity index (χ1n) is 11.8. The van der Waals surface area contributed by atoms with E-state index in [1.807, 2.05) is 30.5 Å². The second-order valence-electron chi connectivity index (χ2n) is 8.35.